The minimum absolute atomic E-state index is 0.209. The van der Waals surface area contributed by atoms with Crippen LogP contribution in [-0.4, -0.2) is 51.8 Å². The minimum atomic E-state index is -0.296. The molecule has 0 unspecified atom stereocenters. The molecule has 0 saturated carbocycles. The molecule has 1 aromatic carbocycles. The van der Waals surface area contributed by atoms with Crippen LogP contribution in [0.5, 0.6) is 5.75 Å². The Labute approximate surface area is 165 Å². The summed E-state index contributed by atoms with van der Waals surface area (Å²) in [6.07, 6.45) is 5.07. The molecule has 2 aliphatic rings. The molecule has 1 saturated heterocycles. The van der Waals surface area contributed by atoms with Gasteiger partial charge in [-0.25, -0.2) is 0 Å². The van der Waals surface area contributed by atoms with E-state index in [0.29, 0.717) is 18.1 Å². The Hall–Kier alpha value is -2.67. The van der Waals surface area contributed by atoms with E-state index >= 15 is 0 Å². The number of hydrogen-bond donors (Lipinski definition) is 3. The smallest absolute Gasteiger partial charge is 0.231 e. The number of hydrogen-bond acceptors (Lipinski definition) is 6. The number of rotatable bonds is 5. The number of nitrogens with zero attached hydrogens (tertiary/aromatic N) is 3. The van der Waals surface area contributed by atoms with Gasteiger partial charge in [-0.05, 0) is 74.4 Å². The Balaban J connectivity index is 1.50. The number of aryl methyl sites for hydroxylation is 2. The van der Waals surface area contributed by atoms with Gasteiger partial charge in [-0.1, -0.05) is 6.07 Å². The number of carbonyl (C=O) groups is 1. The number of nitrogens with two attached hydrogens (primary N) is 1. The SMILES string of the molecule is Cc1cc(N[C@@H]2CCCN(CC(N)=O)C2)nnc1-c1ccc2c(c1O)CCC2. The van der Waals surface area contributed by atoms with Gasteiger partial charge in [0.25, 0.3) is 0 Å². The van der Waals surface area contributed by atoms with Crippen LogP contribution in [-0.2, 0) is 17.6 Å². The number of amides is 1. The summed E-state index contributed by atoms with van der Waals surface area (Å²) in [5.41, 5.74) is 10.0. The van der Waals surface area contributed by atoms with E-state index in [1.807, 2.05) is 19.1 Å². The highest BCUT2D eigenvalue weighted by molar-refractivity contribution is 5.76. The number of primary amides is 1. The van der Waals surface area contributed by atoms with Crippen LogP contribution in [0.15, 0.2) is 18.2 Å². The average Bonchev–Trinajstić information content (AvgIpc) is 3.12. The van der Waals surface area contributed by atoms with Gasteiger partial charge in [-0.2, -0.15) is 0 Å². The summed E-state index contributed by atoms with van der Waals surface area (Å²) >= 11 is 0. The molecule has 1 aliphatic carbocycles. The van der Waals surface area contributed by atoms with Crippen LogP contribution in [0.4, 0.5) is 5.82 Å². The van der Waals surface area contributed by atoms with Crippen molar-refractivity contribution in [2.24, 2.45) is 5.73 Å². The second-order valence-electron chi connectivity index (χ2n) is 7.90. The van der Waals surface area contributed by atoms with Crippen LogP contribution in [0.2, 0.25) is 0 Å². The molecule has 1 amide bonds. The van der Waals surface area contributed by atoms with Crippen LogP contribution in [0, 0.1) is 6.92 Å². The average molecular weight is 381 g/mol. The number of phenolic OH excluding ortho intramolecular Hbond substituents is 1. The lowest BCUT2D eigenvalue weighted by Crippen LogP contribution is -2.45. The predicted molar refractivity (Wildman–Crippen MR) is 108 cm³/mol. The Morgan fingerprint density at radius 3 is 2.96 bits per heavy atom. The van der Waals surface area contributed by atoms with E-state index in [1.165, 1.54) is 5.56 Å². The maximum atomic E-state index is 11.2. The number of phenols is 1. The van der Waals surface area contributed by atoms with Crippen molar-refractivity contribution in [3.63, 3.8) is 0 Å². The number of piperidine rings is 1. The maximum Gasteiger partial charge on any atom is 0.231 e. The molecule has 7 nitrogen and oxygen atoms in total. The van der Waals surface area contributed by atoms with Crippen molar-refractivity contribution in [1.82, 2.24) is 15.1 Å². The summed E-state index contributed by atoms with van der Waals surface area (Å²) in [5, 5.41) is 22.9. The standard InChI is InChI=1S/C21H27N5O2/c1-13-10-19(23-15-5-3-9-26(11-15)12-18(22)27)24-25-20(13)17-8-7-14-4-2-6-16(14)21(17)28/h7-8,10,15,28H,2-6,9,11-12H2,1H3,(H2,22,27)(H,23,24)/t15-/m1/s1. The van der Waals surface area contributed by atoms with E-state index in [2.05, 4.69) is 26.5 Å². The summed E-state index contributed by atoms with van der Waals surface area (Å²) < 4.78 is 0. The van der Waals surface area contributed by atoms with E-state index < -0.39 is 0 Å². The highest BCUT2D eigenvalue weighted by Crippen LogP contribution is 2.38. The molecule has 1 aromatic heterocycles. The monoisotopic (exact) mass is 381 g/mol. The van der Waals surface area contributed by atoms with Crippen molar-refractivity contribution < 1.29 is 9.90 Å². The van der Waals surface area contributed by atoms with E-state index in [1.54, 1.807) is 0 Å². The first-order valence-electron chi connectivity index (χ1n) is 9.97. The van der Waals surface area contributed by atoms with Gasteiger partial charge < -0.3 is 16.2 Å². The molecule has 7 heteroatoms. The highest BCUT2D eigenvalue weighted by atomic mass is 16.3. The normalized spacial score (nSPS) is 19.4. The number of aromatic hydroxyl groups is 1. The first-order chi connectivity index (χ1) is 13.5. The Bertz CT molecular complexity index is 899. The number of fused-ring (bicyclic) bond motifs is 1. The fourth-order valence-electron chi connectivity index (χ4n) is 4.41. The minimum Gasteiger partial charge on any atom is -0.507 e. The molecule has 4 rings (SSSR count). The molecule has 1 fully saturated rings. The van der Waals surface area contributed by atoms with Crippen LogP contribution in [0.25, 0.3) is 11.3 Å². The maximum absolute atomic E-state index is 11.2. The Morgan fingerprint density at radius 1 is 1.32 bits per heavy atom. The Kier molecular flexibility index (Phi) is 5.17. The van der Waals surface area contributed by atoms with Gasteiger partial charge in [-0.15, -0.1) is 10.2 Å². The number of likely N-dealkylation sites (tertiary alicyclic amines) is 1. The summed E-state index contributed by atoms with van der Waals surface area (Å²) in [6.45, 7) is 3.93. The third-order valence-corrected chi connectivity index (χ3v) is 5.73. The third kappa shape index (κ3) is 3.80. The lowest BCUT2D eigenvalue weighted by atomic mass is 10.00. The quantitative estimate of drug-likeness (QED) is 0.732. The van der Waals surface area contributed by atoms with Gasteiger partial charge in [0.1, 0.15) is 11.6 Å². The Morgan fingerprint density at radius 2 is 2.18 bits per heavy atom. The molecule has 0 radical (unpaired) electrons. The zero-order valence-corrected chi connectivity index (χ0v) is 16.2. The number of benzene rings is 1. The van der Waals surface area contributed by atoms with E-state index in [4.69, 9.17) is 5.73 Å². The second-order valence-corrected chi connectivity index (χ2v) is 7.90. The zero-order valence-electron chi connectivity index (χ0n) is 16.2. The molecule has 0 bridgehead atoms. The molecule has 1 aliphatic heterocycles. The summed E-state index contributed by atoms with van der Waals surface area (Å²) in [6, 6.07) is 6.23. The molecular weight excluding hydrogens is 354 g/mol. The van der Waals surface area contributed by atoms with Crippen LogP contribution < -0.4 is 11.1 Å². The van der Waals surface area contributed by atoms with Crippen LogP contribution >= 0.6 is 0 Å². The van der Waals surface area contributed by atoms with Crippen molar-refractivity contribution in [1.29, 1.82) is 0 Å². The molecular formula is C21H27N5O2. The van der Waals surface area contributed by atoms with Gasteiger partial charge >= 0.3 is 0 Å². The first kappa shape index (κ1) is 18.7. The lowest BCUT2D eigenvalue weighted by Gasteiger charge is -2.32. The van der Waals surface area contributed by atoms with Crippen molar-refractivity contribution >= 4 is 11.7 Å². The topological polar surface area (TPSA) is 104 Å². The molecule has 4 N–H and O–H groups in total. The number of nitrogens with one attached hydrogen (secondary N) is 1. The zero-order chi connectivity index (χ0) is 19.7. The molecule has 1 atom stereocenters. The second kappa shape index (κ2) is 7.75. The lowest BCUT2D eigenvalue weighted by molar-refractivity contribution is -0.119. The number of anilines is 1. The highest BCUT2D eigenvalue weighted by Gasteiger charge is 2.23. The number of carbonyl (C=O) groups excluding carboxylic acids is 1. The van der Waals surface area contributed by atoms with E-state index in [0.717, 1.165) is 67.6 Å². The molecule has 2 heterocycles. The van der Waals surface area contributed by atoms with Crippen molar-refractivity contribution in [2.45, 2.75) is 45.1 Å². The fraction of sp³-hybridized carbons (Fsp3) is 0.476. The fourth-order valence-corrected chi connectivity index (χ4v) is 4.41. The van der Waals surface area contributed by atoms with Gasteiger partial charge in [-0.3, -0.25) is 9.69 Å². The van der Waals surface area contributed by atoms with Crippen molar-refractivity contribution in [3.8, 4) is 17.0 Å². The number of aromatic nitrogens is 2. The van der Waals surface area contributed by atoms with Crippen molar-refractivity contribution in [3.05, 3.63) is 34.9 Å². The summed E-state index contributed by atoms with van der Waals surface area (Å²) in [7, 11) is 0. The molecule has 148 valence electrons. The van der Waals surface area contributed by atoms with E-state index in [9.17, 15) is 9.90 Å². The third-order valence-electron chi connectivity index (χ3n) is 5.73. The molecule has 0 spiro atoms. The van der Waals surface area contributed by atoms with Crippen LogP contribution in [0.3, 0.4) is 0 Å². The largest absolute Gasteiger partial charge is 0.507 e. The summed E-state index contributed by atoms with van der Waals surface area (Å²) in [5.74, 6) is 0.769. The molecule has 2 aromatic rings. The first-order valence-corrected chi connectivity index (χ1v) is 9.97. The summed E-state index contributed by atoms with van der Waals surface area (Å²) in [4.78, 5) is 13.2. The van der Waals surface area contributed by atoms with Gasteiger partial charge in [0, 0.05) is 18.2 Å². The van der Waals surface area contributed by atoms with Gasteiger partial charge in [0.15, 0.2) is 0 Å². The van der Waals surface area contributed by atoms with Crippen LogP contribution in [0.1, 0.15) is 36.0 Å². The van der Waals surface area contributed by atoms with Gasteiger partial charge in [0.05, 0.1) is 12.2 Å². The van der Waals surface area contributed by atoms with Crippen molar-refractivity contribution in [2.75, 3.05) is 25.0 Å². The van der Waals surface area contributed by atoms with Gasteiger partial charge in [0.2, 0.25) is 5.91 Å². The van der Waals surface area contributed by atoms with E-state index in [-0.39, 0.29) is 11.9 Å². The molecule has 28 heavy (non-hydrogen) atoms. The predicted octanol–water partition coefficient (Wildman–Crippen LogP) is 2.01.